The lowest BCUT2D eigenvalue weighted by Crippen LogP contribution is -2.51. The number of amides is 2. The minimum Gasteiger partial charge on any atom is -0.459 e. The molecule has 0 bridgehead atoms. The molecule has 0 unspecified atom stereocenters. The zero-order valence-corrected chi connectivity index (χ0v) is 16.8. The zero-order chi connectivity index (χ0) is 20.1. The van der Waals surface area contributed by atoms with Crippen molar-refractivity contribution in [2.24, 2.45) is 0 Å². The molecule has 1 aliphatic heterocycles. The topological polar surface area (TPSA) is 65.8 Å². The fourth-order valence-electron chi connectivity index (χ4n) is 3.49. The monoisotopic (exact) mass is 409 g/mol. The Hall–Kier alpha value is -2.90. The molecule has 4 rings (SSSR count). The molecule has 1 N–H and O–H groups in total. The summed E-state index contributed by atoms with van der Waals surface area (Å²) < 4.78 is 5.19. The van der Waals surface area contributed by atoms with E-state index in [1.165, 1.54) is 6.26 Å². The van der Waals surface area contributed by atoms with E-state index in [0.29, 0.717) is 38.5 Å². The van der Waals surface area contributed by atoms with Crippen molar-refractivity contribution in [2.45, 2.75) is 6.04 Å². The third-order valence-corrected chi connectivity index (χ3v) is 5.96. The molecule has 0 radical (unpaired) electrons. The molecule has 3 heterocycles. The van der Waals surface area contributed by atoms with Crippen molar-refractivity contribution in [2.75, 3.05) is 32.7 Å². The number of thiophene rings is 1. The van der Waals surface area contributed by atoms with Gasteiger partial charge in [-0.3, -0.25) is 14.5 Å². The highest BCUT2D eigenvalue weighted by atomic mass is 32.1. The Morgan fingerprint density at radius 3 is 2.45 bits per heavy atom. The molecule has 0 spiro atoms. The Bertz CT molecular complexity index is 918. The summed E-state index contributed by atoms with van der Waals surface area (Å²) in [6, 6.07) is 17.3. The molecule has 1 saturated heterocycles. The quantitative estimate of drug-likeness (QED) is 0.680. The Kier molecular flexibility index (Phi) is 6.07. The van der Waals surface area contributed by atoms with Crippen LogP contribution in [0.2, 0.25) is 0 Å². The molecule has 1 fully saturated rings. The summed E-state index contributed by atoms with van der Waals surface area (Å²) in [5, 5.41) is 5.19. The van der Waals surface area contributed by atoms with E-state index >= 15 is 0 Å². The van der Waals surface area contributed by atoms with Crippen molar-refractivity contribution in [1.82, 2.24) is 15.1 Å². The molecule has 1 atom stereocenters. The molecule has 2 aromatic heterocycles. The van der Waals surface area contributed by atoms with Gasteiger partial charge in [-0.15, -0.1) is 11.3 Å². The van der Waals surface area contributed by atoms with Crippen LogP contribution in [-0.4, -0.2) is 54.3 Å². The van der Waals surface area contributed by atoms with E-state index in [9.17, 15) is 9.59 Å². The summed E-state index contributed by atoms with van der Waals surface area (Å²) >= 11 is 1.63. The van der Waals surface area contributed by atoms with Crippen molar-refractivity contribution in [1.29, 1.82) is 0 Å². The van der Waals surface area contributed by atoms with Crippen LogP contribution in [0, 0.1) is 0 Å². The second-order valence-corrected chi connectivity index (χ2v) is 7.95. The van der Waals surface area contributed by atoms with Gasteiger partial charge in [-0.25, -0.2) is 0 Å². The van der Waals surface area contributed by atoms with Gasteiger partial charge in [-0.1, -0.05) is 36.4 Å². The fourth-order valence-corrected chi connectivity index (χ4v) is 4.30. The van der Waals surface area contributed by atoms with E-state index in [1.807, 2.05) is 47.8 Å². The highest BCUT2D eigenvalue weighted by Crippen LogP contribution is 2.25. The minimum atomic E-state index is -0.148. The molecular formula is C22H23N3O3S. The number of benzene rings is 1. The SMILES string of the molecule is O=C(CN1CCN(C(=O)c2ccco2)CC1)N[C@@H](c1ccccc1)c1cccs1. The predicted octanol–water partition coefficient (Wildman–Crippen LogP) is 3.00. The van der Waals surface area contributed by atoms with Gasteiger partial charge in [-0.05, 0) is 29.1 Å². The van der Waals surface area contributed by atoms with Crippen LogP contribution >= 0.6 is 11.3 Å². The lowest BCUT2D eigenvalue weighted by molar-refractivity contribution is -0.123. The van der Waals surface area contributed by atoms with Gasteiger partial charge in [0.1, 0.15) is 0 Å². The van der Waals surface area contributed by atoms with Crippen LogP contribution in [-0.2, 0) is 4.79 Å². The summed E-state index contributed by atoms with van der Waals surface area (Å²) in [6.45, 7) is 2.81. The number of carbonyl (C=O) groups is 2. The van der Waals surface area contributed by atoms with Gasteiger partial charge in [0.15, 0.2) is 5.76 Å². The number of nitrogens with one attached hydrogen (secondary N) is 1. The average Bonchev–Trinajstić information content (AvgIpc) is 3.47. The predicted molar refractivity (Wildman–Crippen MR) is 112 cm³/mol. The molecule has 7 heteroatoms. The molecule has 1 aromatic carbocycles. The first kappa shape index (κ1) is 19.4. The van der Waals surface area contributed by atoms with Crippen molar-refractivity contribution in [3.05, 3.63) is 82.4 Å². The first-order chi connectivity index (χ1) is 14.2. The van der Waals surface area contributed by atoms with Crippen LogP contribution in [0.4, 0.5) is 0 Å². The summed E-state index contributed by atoms with van der Waals surface area (Å²) in [5.41, 5.74) is 1.07. The number of hydrogen-bond acceptors (Lipinski definition) is 5. The molecule has 3 aromatic rings. The highest BCUT2D eigenvalue weighted by Gasteiger charge is 2.25. The fraction of sp³-hybridized carbons (Fsp3) is 0.273. The highest BCUT2D eigenvalue weighted by molar-refractivity contribution is 7.10. The summed E-state index contributed by atoms with van der Waals surface area (Å²) in [7, 11) is 0. The molecule has 150 valence electrons. The minimum absolute atomic E-state index is 0.0157. The van der Waals surface area contributed by atoms with E-state index in [2.05, 4.69) is 10.2 Å². The Balaban J connectivity index is 1.33. The van der Waals surface area contributed by atoms with Crippen LogP contribution in [0.3, 0.4) is 0 Å². The van der Waals surface area contributed by atoms with Gasteiger partial charge in [0.2, 0.25) is 5.91 Å². The third-order valence-electron chi connectivity index (χ3n) is 5.02. The van der Waals surface area contributed by atoms with Crippen molar-refractivity contribution < 1.29 is 14.0 Å². The van der Waals surface area contributed by atoms with Crippen LogP contribution < -0.4 is 5.32 Å². The summed E-state index contributed by atoms with van der Waals surface area (Å²) in [5.74, 6) is 0.247. The lowest BCUT2D eigenvalue weighted by atomic mass is 10.1. The molecule has 29 heavy (non-hydrogen) atoms. The van der Waals surface area contributed by atoms with E-state index in [4.69, 9.17) is 4.42 Å². The second-order valence-electron chi connectivity index (χ2n) is 6.97. The zero-order valence-electron chi connectivity index (χ0n) is 16.0. The van der Waals surface area contributed by atoms with Gasteiger partial charge >= 0.3 is 0 Å². The number of hydrogen-bond donors (Lipinski definition) is 1. The van der Waals surface area contributed by atoms with E-state index in [1.54, 1.807) is 28.4 Å². The standard InChI is InChI=1S/C22H23N3O3S/c26-20(23-21(19-9-5-15-29-19)17-6-2-1-3-7-17)16-24-10-12-25(13-11-24)22(27)18-8-4-14-28-18/h1-9,14-15,21H,10-13,16H2,(H,23,26)/t21-/m0/s1. The smallest absolute Gasteiger partial charge is 0.289 e. The molecule has 0 saturated carbocycles. The summed E-state index contributed by atoms with van der Waals surface area (Å²) in [4.78, 5) is 30.1. The van der Waals surface area contributed by atoms with Gasteiger partial charge in [0, 0.05) is 31.1 Å². The molecular weight excluding hydrogens is 386 g/mol. The molecule has 2 amide bonds. The van der Waals surface area contributed by atoms with Crippen molar-refractivity contribution in [3.8, 4) is 0 Å². The van der Waals surface area contributed by atoms with Gasteiger partial charge in [0.05, 0.1) is 18.8 Å². The van der Waals surface area contributed by atoms with E-state index < -0.39 is 0 Å². The maximum atomic E-state index is 12.7. The normalized spacial score (nSPS) is 15.8. The maximum Gasteiger partial charge on any atom is 0.289 e. The van der Waals surface area contributed by atoms with E-state index in [0.717, 1.165) is 10.4 Å². The first-order valence-electron chi connectivity index (χ1n) is 9.63. The molecule has 0 aliphatic carbocycles. The second kappa shape index (κ2) is 9.07. The number of carbonyl (C=O) groups excluding carboxylic acids is 2. The Morgan fingerprint density at radius 1 is 1.00 bits per heavy atom. The van der Waals surface area contributed by atoms with Gasteiger partial charge in [-0.2, -0.15) is 0 Å². The van der Waals surface area contributed by atoms with Crippen LogP contribution in [0.1, 0.15) is 27.0 Å². The van der Waals surface area contributed by atoms with Crippen LogP contribution in [0.5, 0.6) is 0 Å². The lowest BCUT2D eigenvalue weighted by Gasteiger charge is -2.34. The van der Waals surface area contributed by atoms with Crippen LogP contribution in [0.25, 0.3) is 0 Å². The number of rotatable bonds is 6. The average molecular weight is 410 g/mol. The largest absolute Gasteiger partial charge is 0.459 e. The van der Waals surface area contributed by atoms with Crippen LogP contribution in [0.15, 0.2) is 70.7 Å². The summed E-state index contributed by atoms with van der Waals surface area (Å²) in [6.07, 6.45) is 1.50. The molecule has 1 aliphatic rings. The Labute approximate surface area is 173 Å². The number of nitrogens with zero attached hydrogens (tertiary/aromatic N) is 2. The first-order valence-corrected chi connectivity index (χ1v) is 10.5. The molecule has 6 nitrogen and oxygen atoms in total. The third kappa shape index (κ3) is 4.75. The van der Waals surface area contributed by atoms with Gasteiger partial charge < -0.3 is 14.6 Å². The maximum absolute atomic E-state index is 12.7. The Morgan fingerprint density at radius 2 is 1.79 bits per heavy atom. The number of piperazine rings is 1. The van der Waals surface area contributed by atoms with E-state index in [-0.39, 0.29) is 17.9 Å². The van der Waals surface area contributed by atoms with Crippen molar-refractivity contribution >= 4 is 23.2 Å². The number of furan rings is 1. The van der Waals surface area contributed by atoms with Gasteiger partial charge in [0.25, 0.3) is 5.91 Å². The van der Waals surface area contributed by atoms with Crippen molar-refractivity contribution in [3.63, 3.8) is 0 Å².